The van der Waals surface area contributed by atoms with Crippen LogP contribution >= 0.6 is 0 Å². The molecule has 0 aliphatic heterocycles. The van der Waals surface area contributed by atoms with Crippen LogP contribution < -0.4 is 10.4 Å². The predicted molar refractivity (Wildman–Crippen MR) is 65.4 cm³/mol. The average molecular weight is 204 g/mol. The van der Waals surface area contributed by atoms with E-state index >= 15 is 0 Å². The van der Waals surface area contributed by atoms with E-state index in [4.69, 9.17) is 6.57 Å². The molecule has 0 aliphatic rings. The number of aryl methyl sites for hydroxylation is 1. The molecule has 0 aromatic heterocycles. The maximum absolute atomic E-state index is 5.16. The van der Waals surface area contributed by atoms with E-state index in [-0.39, 0.29) is 0 Å². The minimum atomic E-state index is 0.626. The molecule has 1 rings (SSSR count). The van der Waals surface area contributed by atoms with Gasteiger partial charge in [-0.15, -0.1) is 0 Å². The molecule has 0 radical (unpaired) electrons. The fraction of sp³-hybridized carbons (Fsp3) is 0.417. The van der Waals surface area contributed by atoms with Gasteiger partial charge in [-0.1, -0.05) is 30.0 Å². The van der Waals surface area contributed by atoms with Crippen LogP contribution in [0.4, 0.5) is 5.69 Å². The number of nitrogens with one attached hydrogen (secondary N) is 1. The SMILES string of the molecule is C#[N+]CCN(NCC)c1ccccc1C. The quantitative estimate of drug-likeness (QED) is 0.742. The van der Waals surface area contributed by atoms with Crippen molar-refractivity contribution < 1.29 is 0 Å². The Morgan fingerprint density at radius 1 is 1.40 bits per heavy atom. The molecule has 0 saturated heterocycles. The van der Waals surface area contributed by atoms with Gasteiger partial charge in [0, 0.05) is 6.54 Å². The van der Waals surface area contributed by atoms with Crippen molar-refractivity contribution in [1.82, 2.24) is 5.43 Å². The van der Waals surface area contributed by atoms with Gasteiger partial charge in [-0.25, -0.2) is 5.43 Å². The number of para-hydroxylation sites is 1. The Labute approximate surface area is 91.5 Å². The van der Waals surface area contributed by atoms with Crippen LogP contribution in [-0.2, 0) is 0 Å². The fourth-order valence-electron chi connectivity index (χ4n) is 1.50. The Hall–Kier alpha value is -1.53. The molecule has 15 heavy (non-hydrogen) atoms. The second-order valence-corrected chi connectivity index (χ2v) is 3.36. The van der Waals surface area contributed by atoms with Crippen molar-refractivity contribution in [2.45, 2.75) is 13.8 Å². The maximum Gasteiger partial charge on any atom is 0.281 e. The summed E-state index contributed by atoms with van der Waals surface area (Å²) in [5, 5.41) is 2.09. The van der Waals surface area contributed by atoms with E-state index in [0.29, 0.717) is 6.54 Å². The molecular formula is C12H18N3+. The zero-order chi connectivity index (χ0) is 11.1. The van der Waals surface area contributed by atoms with E-state index in [1.54, 1.807) is 0 Å². The van der Waals surface area contributed by atoms with Crippen molar-refractivity contribution in [2.24, 2.45) is 0 Å². The van der Waals surface area contributed by atoms with Gasteiger partial charge in [-0.05, 0) is 18.6 Å². The molecule has 0 heterocycles. The Balaban J connectivity index is 2.79. The van der Waals surface area contributed by atoms with Crippen LogP contribution in [0.5, 0.6) is 0 Å². The van der Waals surface area contributed by atoms with Crippen LogP contribution in [0.2, 0.25) is 0 Å². The second-order valence-electron chi connectivity index (χ2n) is 3.36. The first kappa shape index (κ1) is 11.5. The maximum atomic E-state index is 5.16. The van der Waals surface area contributed by atoms with Crippen molar-refractivity contribution in [2.75, 3.05) is 24.6 Å². The number of hydrazine groups is 1. The van der Waals surface area contributed by atoms with Crippen molar-refractivity contribution >= 4 is 5.69 Å². The lowest BCUT2D eigenvalue weighted by Crippen LogP contribution is -2.40. The van der Waals surface area contributed by atoms with Gasteiger partial charge in [0.25, 0.3) is 13.1 Å². The van der Waals surface area contributed by atoms with Gasteiger partial charge in [-0.3, -0.25) is 0 Å². The monoisotopic (exact) mass is 204 g/mol. The summed E-state index contributed by atoms with van der Waals surface area (Å²) in [4.78, 5) is 3.63. The number of rotatable bonds is 5. The number of nitrogens with zero attached hydrogens (tertiary/aromatic N) is 2. The van der Waals surface area contributed by atoms with Crippen LogP contribution in [0.3, 0.4) is 0 Å². The molecule has 0 aliphatic carbocycles. The molecule has 1 N–H and O–H groups in total. The highest BCUT2D eigenvalue weighted by Crippen LogP contribution is 2.17. The first-order chi connectivity index (χ1) is 7.29. The standard InChI is InChI=1S/C12H18N3/c1-4-14-15(10-9-13-3)12-8-6-5-7-11(12)2/h3,5-8,14H,4,9-10H2,1-2H3/q+1. The van der Waals surface area contributed by atoms with Crippen molar-refractivity contribution in [3.63, 3.8) is 0 Å². The highest BCUT2D eigenvalue weighted by molar-refractivity contribution is 5.52. The summed E-state index contributed by atoms with van der Waals surface area (Å²) in [6.45, 7) is 11.6. The zero-order valence-electron chi connectivity index (χ0n) is 9.40. The first-order valence-corrected chi connectivity index (χ1v) is 5.23. The largest absolute Gasteiger partial charge is 0.300 e. The lowest BCUT2D eigenvalue weighted by Gasteiger charge is -2.24. The molecule has 0 fully saturated rings. The minimum absolute atomic E-state index is 0.626. The van der Waals surface area contributed by atoms with E-state index < -0.39 is 0 Å². The lowest BCUT2D eigenvalue weighted by atomic mass is 10.2. The summed E-state index contributed by atoms with van der Waals surface area (Å²) in [6.07, 6.45) is 0. The van der Waals surface area contributed by atoms with Gasteiger partial charge >= 0.3 is 0 Å². The van der Waals surface area contributed by atoms with Gasteiger partial charge in [0.1, 0.15) is 6.54 Å². The van der Waals surface area contributed by atoms with E-state index in [9.17, 15) is 0 Å². The molecule has 3 heteroatoms. The van der Waals surface area contributed by atoms with Crippen LogP contribution in [0.25, 0.3) is 4.85 Å². The second kappa shape index (κ2) is 6.05. The zero-order valence-corrected chi connectivity index (χ0v) is 9.40. The van der Waals surface area contributed by atoms with Crippen LogP contribution in [0.1, 0.15) is 12.5 Å². The number of anilines is 1. The Kier molecular flexibility index (Phi) is 4.65. The molecule has 80 valence electrons. The minimum Gasteiger partial charge on any atom is -0.300 e. The number of hydrogen-bond donors (Lipinski definition) is 1. The van der Waals surface area contributed by atoms with Crippen LogP contribution in [0, 0.1) is 13.5 Å². The lowest BCUT2D eigenvalue weighted by molar-refractivity contribution is 0.657. The Morgan fingerprint density at radius 3 is 2.73 bits per heavy atom. The van der Waals surface area contributed by atoms with Crippen molar-refractivity contribution in [3.8, 4) is 6.57 Å². The topological polar surface area (TPSA) is 19.6 Å². The molecule has 0 amide bonds. The summed E-state index contributed by atoms with van der Waals surface area (Å²) in [6, 6.07) is 8.26. The van der Waals surface area contributed by atoms with Gasteiger partial charge in [0.2, 0.25) is 0 Å². The summed E-state index contributed by atoms with van der Waals surface area (Å²) in [5.41, 5.74) is 5.72. The van der Waals surface area contributed by atoms with Gasteiger partial charge in [0.15, 0.2) is 0 Å². The molecule has 0 bridgehead atoms. The molecule has 1 aromatic rings. The molecule has 0 unspecified atom stereocenters. The molecule has 1 aromatic carbocycles. The molecule has 3 nitrogen and oxygen atoms in total. The molecule has 0 spiro atoms. The van der Waals surface area contributed by atoms with Gasteiger partial charge < -0.3 is 5.01 Å². The summed E-state index contributed by atoms with van der Waals surface area (Å²) in [5.74, 6) is 0. The van der Waals surface area contributed by atoms with Crippen LogP contribution in [0.15, 0.2) is 24.3 Å². The smallest absolute Gasteiger partial charge is 0.281 e. The normalized spacial score (nSPS) is 9.67. The highest BCUT2D eigenvalue weighted by Gasteiger charge is 2.08. The van der Waals surface area contributed by atoms with E-state index in [1.165, 1.54) is 11.3 Å². The average Bonchev–Trinajstić information content (AvgIpc) is 2.25. The Bertz CT molecular complexity index is 341. The fourth-order valence-corrected chi connectivity index (χ4v) is 1.50. The first-order valence-electron chi connectivity index (χ1n) is 5.23. The Morgan fingerprint density at radius 2 is 2.13 bits per heavy atom. The third kappa shape index (κ3) is 3.26. The molecular weight excluding hydrogens is 186 g/mol. The molecule has 0 atom stereocenters. The molecule has 0 saturated carbocycles. The van der Waals surface area contributed by atoms with Crippen molar-refractivity contribution in [3.05, 3.63) is 34.7 Å². The third-order valence-corrected chi connectivity index (χ3v) is 2.21. The summed E-state index contributed by atoms with van der Waals surface area (Å²) < 4.78 is 0. The van der Waals surface area contributed by atoms with Gasteiger partial charge in [-0.2, -0.15) is 0 Å². The third-order valence-electron chi connectivity index (χ3n) is 2.21. The van der Waals surface area contributed by atoms with Crippen molar-refractivity contribution in [1.29, 1.82) is 0 Å². The van der Waals surface area contributed by atoms with E-state index in [1.807, 2.05) is 12.1 Å². The van der Waals surface area contributed by atoms with E-state index in [2.05, 4.69) is 41.3 Å². The summed E-state index contributed by atoms with van der Waals surface area (Å²) >= 11 is 0. The van der Waals surface area contributed by atoms with Gasteiger partial charge in [0.05, 0.1) is 5.69 Å². The highest BCUT2D eigenvalue weighted by atomic mass is 15.5. The summed E-state index contributed by atoms with van der Waals surface area (Å²) in [7, 11) is 0. The van der Waals surface area contributed by atoms with E-state index in [0.717, 1.165) is 13.1 Å². The predicted octanol–water partition coefficient (Wildman–Crippen LogP) is 2.29. The van der Waals surface area contributed by atoms with Crippen LogP contribution in [-0.4, -0.2) is 19.6 Å². The number of benzene rings is 1. The number of hydrogen-bond acceptors (Lipinski definition) is 2.